The Morgan fingerprint density at radius 2 is 1.70 bits per heavy atom. The van der Waals surface area contributed by atoms with Crippen LogP contribution in [0.3, 0.4) is 0 Å². The number of rotatable bonds is 5. The van der Waals surface area contributed by atoms with E-state index in [0.29, 0.717) is 17.4 Å². The molecule has 0 aliphatic carbocycles. The van der Waals surface area contributed by atoms with Crippen molar-refractivity contribution in [1.82, 2.24) is 0 Å². The quantitative estimate of drug-likeness (QED) is 0.304. The van der Waals surface area contributed by atoms with Gasteiger partial charge in [0.2, 0.25) is 0 Å². The molecule has 3 aromatic rings. The Hall–Kier alpha value is -3.02. The first-order chi connectivity index (χ1) is 13.9. The van der Waals surface area contributed by atoms with Gasteiger partial charge >= 0.3 is 0 Å². The van der Waals surface area contributed by atoms with Crippen LogP contribution in [0.15, 0.2) is 62.5 Å². The Labute approximate surface area is 173 Å². The maximum absolute atomic E-state index is 11.8. The van der Waals surface area contributed by atoms with Gasteiger partial charge in [0, 0.05) is 6.26 Å². The molecule has 9 nitrogen and oxygen atoms in total. The summed E-state index contributed by atoms with van der Waals surface area (Å²) < 4.78 is 56.6. The van der Waals surface area contributed by atoms with E-state index in [-0.39, 0.29) is 33.1 Å². The van der Waals surface area contributed by atoms with Crippen molar-refractivity contribution in [1.29, 1.82) is 0 Å². The fourth-order valence-corrected chi connectivity index (χ4v) is 4.25. The Balaban J connectivity index is 2.22. The lowest BCUT2D eigenvalue weighted by molar-refractivity contribution is 0.479. The van der Waals surface area contributed by atoms with Gasteiger partial charge in [0.1, 0.15) is 22.0 Å². The number of azo groups is 1. The van der Waals surface area contributed by atoms with Crippen molar-refractivity contribution in [3.8, 4) is 5.75 Å². The summed E-state index contributed by atoms with van der Waals surface area (Å²) in [6, 6.07) is 9.77. The maximum atomic E-state index is 11.8. The van der Waals surface area contributed by atoms with Crippen molar-refractivity contribution >= 4 is 47.8 Å². The van der Waals surface area contributed by atoms with Crippen molar-refractivity contribution in [2.45, 2.75) is 23.1 Å². The van der Waals surface area contributed by atoms with Crippen molar-refractivity contribution in [3.05, 3.63) is 48.0 Å². The van der Waals surface area contributed by atoms with E-state index in [0.717, 1.165) is 12.3 Å². The number of nitrogens with zero attached hydrogens (tertiary/aromatic N) is 2. The number of nitrogen functional groups attached to an aromatic ring is 1. The van der Waals surface area contributed by atoms with Gasteiger partial charge < -0.3 is 10.8 Å². The molecular weight excluding hydrogens is 430 g/mol. The van der Waals surface area contributed by atoms with E-state index < -0.39 is 24.9 Å². The minimum absolute atomic E-state index is 0.0332. The van der Waals surface area contributed by atoms with Gasteiger partial charge in [0.15, 0.2) is 9.84 Å². The van der Waals surface area contributed by atoms with E-state index in [9.17, 15) is 26.5 Å². The summed E-state index contributed by atoms with van der Waals surface area (Å²) in [4.78, 5) is -0.489. The van der Waals surface area contributed by atoms with Crippen LogP contribution in [0.25, 0.3) is 10.8 Å². The molecule has 0 radical (unpaired) electrons. The average Bonchev–Trinajstić information content (AvgIpc) is 2.65. The predicted molar refractivity (Wildman–Crippen MR) is 113 cm³/mol. The molecule has 158 valence electrons. The molecule has 0 bridgehead atoms. The summed E-state index contributed by atoms with van der Waals surface area (Å²) in [5, 5.41) is 18.8. The largest absolute Gasteiger partial charge is 0.507 e. The summed E-state index contributed by atoms with van der Waals surface area (Å²) in [7, 11) is -8.12. The molecular formula is C19H19N3O6S2. The van der Waals surface area contributed by atoms with E-state index in [1.54, 1.807) is 6.07 Å². The summed E-state index contributed by atoms with van der Waals surface area (Å²) >= 11 is 0. The van der Waals surface area contributed by atoms with Crippen molar-refractivity contribution in [2.24, 2.45) is 10.2 Å². The Bertz CT molecular complexity index is 1400. The molecule has 0 fully saturated rings. The Morgan fingerprint density at radius 3 is 2.30 bits per heavy atom. The number of benzene rings is 3. The van der Waals surface area contributed by atoms with Crippen LogP contribution in [0.2, 0.25) is 0 Å². The minimum Gasteiger partial charge on any atom is -0.507 e. The predicted octanol–water partition coefficient (Wildman–Crippen LogP) is 3.76. The number of sulfone groups is 1. The lowest BCUT2D eigenvalue weighted by atomic mass is 10.1. The van der Waals surface area contributed by atoms with Gasteiger partial charge in [-0.25, -0.2) is 8.42 Å². The summed E-state index contributed by atoms with van der Waals surface area (Å²) in [6.45, 7) is 1.83. The molecule has 3 rings (SSSR count). The highest BCUT2D eigenvalue weighted by molar-refractivity contribution is 7.90. The maximum Gasteiger partial charge on any atom is 0.296 e. The minimum atomic E-state index is -4.55. The molecule has 0 saturated heterocycles. The number of anilines is 1. The number of hydrogen-bond acceptors (Lipinski definition) is 8. The van der Waals surface area contributed by atoms with Gasteiger partial charge in [-0.15, -0.1) is 10.2 Å². The zero-order chi connectivity index (χ0) is 22.3. The van der Waals surface area contributed by atoms with Crippen molar-refractivity contribution in [2.75, 3.05) is 12.0 Å². The van der Waals surface area contributed by atoms with Crippen LogP contribution in [0.5, 0.6) is 5.75 Å². The monoisotopic (exact) mass is 449 g/mol. The summed E-state index contributed by atoms with van der Waals surface area (Å²) in [6.07, 6.45) is 1.56. The molecule has 0 unspecified atom stereocenters. The van der Waals surface area contributed by atoms with Crippen LogP contribution < -0.4 is 5.73 Å². The van der Waals surface area contributed by atoms with Crippen molar-refractivity contribution < 1.29 is 26.5 Å². The van der Waals surface area contributed by atoms with Crippen LogP contribution in [-0.2, 0) is 26.4 Å². The Kier molecular flexibility index (Phi) is 5.54. The topological polar surface area (TPSA) is 159 Å². The van der Waals surface area contributed by atoms with Crippen LogP contribution in [0.1, 0.15) is 12.5 Å². The number of phenols is 1. The van der Waals surface area contributed by atoms with Crippen LogP contribution in [0.4, 0.5) is 17.1 Å². The standard InChI is InChI=1S/C19H19N3O6S2/c1-3-11-4-7-15(17(8-11)30(26,27)28)21-22-19-14(20)6-5-12-9-13(29(2,24)25)10-16(23)18(12)19/h4-10,23H,3,20H2,1-2H3,(H,26,27,28). The SMILES string of the molecule is CCc1ccc(N=Nc2c(N)ccc3cc(S(C)(=O)=O)cc(O)c23)c(S(=O)(=O)O)c1. The van der Waals surface area contributed by atoms with Crippen LogP contribution in [0, 0.1) is 0 Å². The van der Waals surface area contributed by atoms with Gasteiger partial charge in [0.05, 0.1) is 16.0 Å². The van der Waals surface area contributed by atoms with E-state index in [1.165, 1.54) is 30.3 Å². The third-order valence-corrected chi connectivity index (χ3v) is 6.45. The van der Waals surface area contributed by atoms with E-state index >= 15 is 0 Å². The summed E-state index contributed by atoms with van der Waals surface area (Å²) in [5.41, 5.74) is 6.69. The number of nitrogens with two attached hydrogens (primary N) is 1. The molecule has 0 heterocycles. The zero-order valence-electron chi connectivity index (χ0n) is 16.1. The van der Waals surface area contributed by atoms with Gasteiger partial charge in [0.25, 0.3) is 10.1 Å². The molecule has 0 atom stereocenters. The van der Waals surface area contributed by atoms with E-state index in [4.69, 9.17) is 5.73 Å². The molecule has 0 spiro atoms. The summed E-state index contributed by atoms with van der Waals surface area (Å²) in [5.74, 6) is -0.370. The number of hydrogen-bond donors (Lipinski definition) is 3. The first kappa shape index (κ1) is 21.7. The molecule has 3 aromatic carbocycles. The highest BCUT2D eigenvalue weighted by Crippen LogP contribution is 2.40. The van der Waals surface area contributed by atoms with E-state index in [1.807, 2.05) is 6.92 Å². The first-order valence-corrected chi connectivity index (χ1v) is 12.0. The average molecular weight is 450 g/mol. The lowest BCUT2D eigenvalue weighted by Crippen LogP contribution is -1.99. The molecule has 0 aliphatic heterocycles. The number of phenolic OH excluding ortho intramolecular Hbond substituents is 1. The second-order valence-corrected chi connectivity index (χ2v) is 10.1. The molecule has 4 N–H and O–H groups in total. The molecule has 30 heavy (non-hydrogen) atoms. The molecule has 0 amide bonds. The lowest BCUT2D eigenvalue weighted by Gasteiger charge is -2.09. The zero-order valence-corrected chi connectivity index (χ0v) is 17.7. The number of aromatic hydroxyl groups is 1. The first-order valence-electron chi connectivity index (χ1n) is 8.69. The number of aryl methyl sites for hydroxylation is 1. The van der Waals surface area contributed by atoms with Gasteiger partial charge in [-0.3, -0.25) is 4.55 Å². The van der Waals surface area contributed by atoms with Crippen molar-refractivity contribution in [3.63, 3.8) is 0 Å². The second-order valence-electron chi connectivity index (χ2n) is 6.65. The highest BCUT2D eigenvalue weighted by Gasteiger charge is 2.18. The molecule has 11 heteroatoms. The van der Waals surface area contributed by atoms with Crippen LogP contribution >= 0.6 is 0 Å². The fourth-order valence-electron chi connectivity index (χ4n) is 2.91. The molecule has 0 aliphatic rings. The smallest absolute Gasteiger partial charge is 0.296 e. The Morgan fingerprint density at radius 1 is 1.00 bits per heavy atom. The van der Waals surface area contributed by atoms with Gasteiger partial charge in [-0.1, -0.05) is 19.1 Å². The van der Waals surface area contributed by atoms with Gasteiger partial charge in [-0.2, -0.15) is 8.42 Å². The highest BCUT2D eigenvalue weighted by atomic mass is 32.2. The van der Waals surface area contributed by atoms with E-state index in [2.05, 4.69) is 10.2 Å². The van der Waals surface area contributed by atoms with Gasteiger partial charge in [-0.05, 0) is 47.7 Å². The second kappa shape index (κ2) is 7.67. The molecule has 0 saturated carbocycles. The third kappa shape index (κ3) is 4.27. The van der Waals surface area contributed by atoms with Crippen LogP contribution in [-0.4, -0.2) is 32.8 Å². The number of fused-ring (bicyclic) bond motifs is 1. The normalized spacial score (nSPS) is 12.6. The molecule has 0 aromatic heterocycles. The third-order valence-electron chi connectivity index (χ3n) is 4.47. The fraction of sp³-hybridized carbons (Fsp3) is 0.158.